The molecule has 4 heteroatoms. The monoisotopic (exact) mass is 202 g/mol. The minimum Gasteiger partial charge on any atom is -0.481 e. The van der Waals surface area contributed by atoms with E-state index in [0.717, 1.165) is 6.42 Å². The summed E-state index contributed by atoms with van der Waals surface area (Å²) >= 11 is 0. The molecule has 0 spiro atoms. The summed E-state index contributed by atoms with van der Waals surface area (Å²) < 4.78 is 4.82. The molecule has 1 N–H and O–H groups in total. The topological polar surface area (TPSA) is 63.6 Å². The van der Waals surface area contributed by atoms with E-state index in [2.05, 4.69) is 0 Å². The van der Waals surface area contributed by atoms with E-state index in [0.29, 0.717) is 0 Å². The normalized spacial score (nSPS) is 13.4. The molecule has 0 aromatic carbocycles. The van der Waals surface area contributed by atoms with Crippen molar-refractivity contribution in [2.75, 3.05) is 6.61 Å². The summed E-state index contributed by atoms with van der Waals surface area (Å²) in [7, 11) is 0. The molecular weight excluding hydrogens is 184 g/mol. The molecule has 0 radical (unpaired) electrons. The maximum atomic E-state index is 11.1. The lowest BCUT2D eigenvalue weighted by Gasteiger charge is -2.17. The molecule has 0 aliphatic carbocycles. The highest BCUT2D eigenvalue weighted by atomic mass is 16.5. The molecule has 1 unspecified atom stereocenters. The van der Waals surface area contributed by atoms with E-state index in [1.54, 1.807) is 0 Å². The number of aliphatic carboxylic acids is 1. The van der Waals surface area contributed by atoms with Crippen molar-refractivity contribution in [3.8, 4) is 0 Å². The van der Waals surface area contributed by atoms with E-state index in [1.165, 1.54) is 6.92 Å². The first-order valence-electron chi connectivity index (χ1n) is 4.63. The number of hydrogen-bond acceptors (Lipinski definition) is 3. The smallest absolute Gasteiger partial charge is 0.320 e. The maximum absolute atomic E-state index is 11.1. The predicted molar refractivity (Wildman–Crippen MR) is 51.8 cm³/mol. The molecule has 0 aliphatic rings. The van der Waals surface area contributed by atoms with E-state index < -0.39 is 17.9 Å². The van der Waals surface area contributed by atoms with Crippen LogP contribution in [0.2, 0.25) is 0 Å². The van der Waals surface area contributed by atoms with Gasteiger partial charge in [-0.25, -0.2) is 0 Å². The molecule has 0 fully saturated rings. The fraction of sp³-hybridized carbons (Fsp3) is 0.800. The summed E-state index contributed by atoms with van der Waals surface area (Å²) in [4.78, 5) is 21.5. The zero-order valence-corrected chi connectivity index (χ0v) is 9.16. The molecule has 82 valence electrons. The Balaban J connectivity index is 3.81. The molecule has 0 aromatic heterocycles. The Morgan fingerprint density at radius 2 is 1.86 bits per heavy atom. The third-order valence-electron chi connectivity index (χ3n) is 1.82. The van der Waals surface area contributed by atoms with E-state index >= 15 is 0 Å². The Labute approximate surface area is 84.3 Å². The Kier molecular flexibility index (Phi) is 4.60. The fourth-order valence-electron chi connectivity index (χ4n) is 0.684. The number of ether oxygens (including phenoxy) is 1. The molecule has 0 amide bonds. The van der Waals surface area contributed by atoms with E-state index in [1.807, 2.05) is 20.8 Å². The Bertz CT molecular complexity index is 215. The van der Waals surface area contributed by atoms with Crippen LogP contribution < -0.4 is 0 Å². The molecule has 0 heterocycles. The van der Waals surface area contributed by atoms with Crippen LogP contribution in [0.15, 0.2) is 0 Å². The van der Waals surface area contributed by atoms with Crippen molar-refractivity contribution in [1.29, 1.82) is 0 Å². The average Bonchev–Trinajstić information content (AvgIpc) is 2.00. The van der Waals surface area contributed by atoms with Gasteiger partial charge in [-0.3, -0.25) is 9.59 Å². The highest BCUT2D eigenvalue weighted by Crippen LogP contribution is 2.18. The van der Waals surface area contributed by atoms with Crippen LogP contribution in [-0.2, 0) is 14.3 Å². The first-order chi connectivity index (χ1) is 6.24. The zero-order valence-electron chi connectivity index (χ0n) is 9.16. The lowest BCUT2D eigenvalue weighted by atomic mass is 9.93. The van der Waals surface area contributed by atoms with Gasteiger partial charge in [-0.15, -0.1) is 0 Å². The van der Waals surface area contributed by atoms with Gasteiger partial charge in [-0.2, -0.15) is 0 Å². The van der Waals surface area contributed by atoms with Gasteiger partial charge in [0.1, 0.15) is 0 Å². The van der Waals surface area contributed by atoms with Crippen molar-refractivity contribution in [3.05, 3.63) is 0 Å². The molecule has 1 atom stereocenters. The van der Waals surface area contributed by atoms with Crippen molar-refractivity contribution in [2.24, 2.45) is 11.3 Å². The summed E-state index contributed by atoms with van der Waals surface area (Å²) in [6.45, 7) is 7.69. The van der Waals surface area contributed by atoms with Gasteiger partial charge in [0.2, 0.25) is 0 Å². The third-order valence-corrected chi connectivity index (χ3v) is 1.82. The molecule has 0 aliphatic heterocycles. The highest BCUT2D eigenvalue weighted by Gasteiger charge is 2.22. The second-order valence-electron chi connectivity index (χ2n) is 4.54. The van der Waals surface area contributed by atoms with Crippen molar-refractivity contribution >= 4 is 11.9 Å². The predicted octanol–water partition coefficient (Wildman–Crippen LogP) is 1.69. The van der Waals surface area contributed by atoms with E-state index in [4.69, 9.17) is 9.84 Å². The highest BCUT2D eigenvalue weighted by molar-refractivity contribution is 5.93. The zero-order chi connectivity index (χ0) is 11.4. The van der Waals surface area contributed by atoms with Gasteiger partial charge in [-0.05, 0) is 18.8 Å². The summed E-state index contributed by atoms with van der Waals surface area (Å²) in [6.07, 6.45) is 0.727. The van der Waals surface area contributed by atoms with Gasteiger partial charge in [0.25, 0.3) is 0 Å². The first kappa shape index (κ1) is 12.9. The van der Waals surface area contributed by atoms with Gasteiger partial charge in [0, 0.05) is 0 Å². The van der Waals surface area contributed by atoms with Crippen molar-refractivity contribution < 1.29 is 19.4 Å². The van der Waals surface area contributed by atoms with Crippen LogP contribution in [0.3, 0.4) is 0 Å². The number of carbonyl (C=O) groups is 2. The van der Waals surface area contributed by atoms with Crippen LogP contribution in [-0.4, -0.2) is 23.7 Å². The fourth-order valence-corrected chi connectivity index (χ4v) is 0.684. The lowest BCUT2D eigenvalue weighted by molar-refractivity contribution is -0.158. The second kappa shape index (κ2) is 4.98. The van der Waals surface area contributed by atoms with Crippen LogP contribution in [0.25, 0.3) is 0 Å². The largest absolute Gasteiger partial charge is 0.481 e. The molecule has 0 rings (SSSR count). The number of carboxylic acid groups (broad SMARTS) is 1. The quantitative estimate of drug-likeness (QED) is 0.556. The first-order valence-corrected chi connectivity index (χ1v) is 4.63. The third kappa shape index (κ3) is 5.56. The van der Waals surface area contributed by atoms with Gasteiger partial charge >= 0.3 is 11.9 Å². The standard InChI is InChI=1S/C10H18O4/c1-7(8(11)12)9(13)14-6-5-10(2,3)4/h7H,5-6H2,1-4H3,(H,11,12). The van der Waals surface area contributed by atoms with Crippen LogP contribution in [0.4, 0.5) is 0 Å². The molecule has 0 saturated carbocycles. The molecule has 4 nitrogen and oxygen atoms in total. The summed E-state index contributed by atoms with van der Waals surface area (Å²) in [5.74, 6) is -2.89. The van der Waals surface area contributed by atoms with Crippen LogP contribution in [0, 0.1) is 11.3 Å². The number of rotatable bonds is 4. The summed E-state index contributed by atoms with van der Waals surface area (Å²) in [6, 6.07) is 0. The average molecular weight is 202 g/mol. The van der Waals surface area contributed by atoms with E-state index in [9.17, 15) is 9.59 Å². The van der Waals surface area contributed by atoms with Gasteiger partial charge in [0.15, 0.2) is 5.92 Å². The lowest BCUT2D eigenvalue weighted by Crippen LogP contribution is -2.24. The minimum atomic E-state index is -1.15. The second-order valence-corrected chi connectivity index (χ2v) is 4.54. The number of carboxylic acids is 1. The van der Waals surface area contributed by atoms with Crippen LogP contribution >= 0.6 is 0 Å². The molecule has 0 saturated heterocycles. The number of carbonyl (C=O) groups excluding carboxylic acids is 1. The van der Waals surface area contributed by atoms with Gasteiger partial charge in [-0.1, -0.05) is 20.8 Å². The summed E-state index contributed by atoms with van der Waals surface area (Å²) in [5.41, 5.74) is 0.0900. The number of esters is 1. The maximum Gasteiger partial charge on any atom is 0.320 e. The molecule has 14 heavy (non-hydrogen) atoms. The van der Waals surface area contributed by atoms with Crippen molar-refractivity contribution in [1.82, 2.24) is 0 Å². The van der Waals surface area contributed by atoms with Crippen molar-refractivity contribution in [3.63, 3.8) is 0 Å². The van der Waals surface area contributed by atoms with Gasteiger partial charge < -0.3 is 9.84 Å². The van der Waals surface area contributed by atoms with E-state index in [-0.39, 0.29) is 12.0 Å². The van der Waals surface area contributed by atoms with Crippen LogP contribution in [0.1, 0.15) is 34.1 Å². The minimum absolute atomic E-state index is 0.0900. The molecular formula is C10H18O4. The Hall–Kier alpha value is -1.06. The summed E-state index contributed by atoms with van der Waals surface area (Å²) in [5, 5.41) is 8.51. The van der Waals surface area contributed by atoms with Crippen LogP contribution in [0.5, 0.6) is 0 Å². The SMILES string of the molecule is CC(C(=O)O)C(=O)OCCC(C)(C)C. The molecule has 0 bridgehead atoms. The Morgan fingerprint density at radius 3 is 2.21 bits per heavy atom. The Morgan fingerprint density at radius 1 is 1.36 bits per heavy atom. The molecule has 0 aromatic rings. The number of hydrogen-bond donors (Lipinski definition) is 1. The van der Waals surface area contributed by atoms with Gasteiger partial charge in [0.05, 0.1) is 6.61 Å². The van der Waals surface area contributed by atoms with Crippen molar-refractivity contribution in [2.45, 2.75) is 34.1 Å².